The molecule has 0 aliphatic carbocycles. The minimum Gasteiger partial charge on any atom is -0.338 e. The van der Waals surface area contributed by atoms with Crippen LogP contribution in [0.2, 0.25) is 0 Å². The second kappa shape index (κ2) is 6.56. The van der Waals surface area contributed by atoms with Gasteiger partial charge in [0, 0.05) is 35.6 Å². The Labute approximate surface area is 133 Å². The van der Waals surface area contributed by atoms with E-state index >= 15 is 0 Å². The maximum Gasteiger partial charge on any atom is 0.254 e. The number of halogens is 1. The fourth-order valence-corrected chi connectivity index (χ4v) is 3.75. The summed E-state index contributed by atoms with van der Waals surface area (Å²) in [4.78, 5) is 19.2. The average Bonchev–Trinajstić information content (AvgIpc) is 2.54. The van der Waals surface area contributed by atoms with E-state index < -0.39 is 0 Å². The zero-order valence-electron chi connectivity index (χ0n) is 12.0. The molecule has 1 aromatic heterocycles. The molecule has 1 aromatic carbocycles. The van der Waals surface area contributed by atoms with Crippen molar-refractivity contribution < 1.29 is 4.79 Å². The lowest BCUT2D eigenvalue weighted by Gasteiger charge is -2.32. The fourth-order valence-electron chi connectivity index (χ4n) is 3.10. The number of hydrogen-bond donors (Lipinski definition) is 0. The van der Waals surface area contributed by atoms with Crippen LogP contribution < -0.4 is 0 Å². The van der Waals surface area contributed by atoms with Gasteiger partial charge in [-0.1, -0.05) is 28.1 Å². The summed E-state index contributed by atoms with van der Waals surface area (Å²) in [5.74, 6) is 0.767. The standard InChI is InChI=1S/C17H19BrN2O/c18-9-8-13-4-3-11-20(12-13)17(21)15-5-1-7-16-14(15)6-2-10-19-16/h1-2,5-7,10,13H,3-4,8-9,11-12H2. The first-order chi connectivity index (χ1) is 10.3. The van der Waals surface area contributed by atoms with Gasteiger partial charge in [-0.05, 0) is 43.4 Å². The molecular formula is C17H19BrN2O. The average molecular weight is 347 g/mol. The van der Waals surface area contributed by atoms with Gasteiger partial charge in [-0.15, -0.1) is 0 Å². The molecule has 1 aliphatic heterocycles. The number of benzene rings is 1. The summed E-state index contributed by atoms with van der Waals surface area (Å²) in [6.07, 6.45) is 5.24. The van der Waals surface area contributed by atoms with Gasteiger partial charge < -0.3 is 4.90 Å². The van der Waals surface area contributed by atoms with Gasteiger partial charge in [0.15, 0.2) is 0 Å². The molecule has 1 aliphatic rings. The zero-order chi connectivity index (χ0) is 14.7. The number of carbonyl (C=O) groups excluding carboxylic acids is 1. The highest BCUT2D eigenvalue weighted by atomic mass is 79.9. The smallest absolute Gasteiger partial charge is 0.254 e. The highest BCUT2D eigenvalue weighted by Crippen LogP contribution is 2.24. The molecule has 0 N–H and O–H groups in total. The van der Waals surface area contributed by atoms with E-state index in [1.54, 1.807) is 6.20 Å². The molecular weight excluding hydrogens is 328 g/mol. The van der Waals surface area contributed by atoms with Gasteiger partial charge in [-0.3, -0.25) is 9.78 Å². The van der Waals surface area contributed by atoms with Crippen molar-refractivity contribution >= 4 is 32.7 Å². The molecule has 1 saturated heterocycles. The maximum atomic E-state index is 12.8. The predicted octanol–water partition coefficient (Wildman–Crippen LogP) is 3.87. The molecule has 110 valence electrons. The highest BCUT2D eigenvalue weighted by Gasteiger charge is 2.25. The number of aromatic nitrogens is 1. The summed E-state index contributed by atoms with van der Waals surface area (Å²) in [7, 11) is 0. The number of likely N-dealkylation sites (tertiary alicyclic amines) is 1. The van der Waals surface area contributed by atoms with Gasteiger partial charge in [0.05, 0.1) is 5.52 Å². The molecule has 2 heterocycles. The third-order valence-electron chi connectivity index (χ3n) is 4.20. The van der Waals surface area contributed by atoms with Crippen molar-refractivity contribution in [3.8, 4) is 0 Å². The number of fused-ring (bicyclic) bond motifs is 1. The quantitative estimate of drug-likeness (QED) is 0.790. The fraction of sp³-hybridized carbons (Fsp3) is 0.412. The molecule has 0 saturated carbocycles. The number of pyridine rings is 1. The largest absolute Gasteiger partial charge is 0.338 e. The maximum absolute atomic E-state index is 12.8. The SMILES string of the molecule is O=C(c1cccc2ncccc12)N1CCCC(CCBr)C1. The molecule has 1 atom stereocenters. The third-order valence-corrected chi connectivity index (χ3v) is 4.66. The molecule has 21 heavy (non-hydrogen) atoms. The third kappa shape index (κ3) is 3.10. The predicted molar refractivity (Wildman–Crippen MR) is 88.8 cm³/mol. The summed E-state index contributed by atoms with van der Waals surface area (Å²) in [6, 6.07) is 9.66. The van der Waals surface area contributed by atoms with Crippen molar-refractivity contribution in [2.45, 2.75) is 19.3 Å². The number of nitrogens with zero attached hydrogens (tertiary/aromatic N) is 2. The summed E-state index contributed by atoms with van der Waals surface area (Å²) in [5.41, 5.74) is 1.66. The highest BCUT2D eigenvalue weighted by molar-refractivity contribution is 9.09. The molecule has 1 unspecified atom stereocenters. The van der Waals surface area contributed by atoms with Gasteiger partial charge in [0.2, 0.25) is 0 Å². The van der Waals surface area contributed by atoms with Gasteiger partial charge in [-0.25, -0.2) is 0 Å². The van der Waals surface area contributed by atoms with Crippen LogP contribution in [0.15, 0.2) is 36.5 Å². The van der Waals surface area contributed by atoms with E-state index in [2.05, 4.69) is 20.9 Å². The van der Waals surface area contributed by atoms with Crippen molar-refractivity contribution in [1.29, 1.82) is 0 Å². The van der Waals surface area contributed by atoms with Crippen molar-refractivity contribution in [2.75, 3.05) is 18.4 Å². The van der Waals surface area contributed by atoms with Crippen molar-refractivity contribution in [1.82, 2.24) is 9.88 Å². The monoisotopic (exact) mass is 346 g/mol. The van der Waals surface area contributed by atoms with E-state index in [9.17, 15) is 4.79 Å². The van der Waals surface area contributed by atoms with E-state index in [1.807, 2.05) is 35.2 Å². The molecule has 0 radical (unpaired) electrons. The van der Waals surface area contributed by atoms with E-state index in [0.717, 1.165) is 47.7 Å². The number of alkyl halides is 1. The van der Waals surface area contributed by atoms with E-state index in [1.165, 1.54) is 6.42 Å². The van der Waals surface area contributed by atoms with E-state index in [4.69, 9.17) is 0 Å². The van der Waals surface area contributed by atoms with Gasteiger partial charge >= 0.3 is 0 Å². The minimum absolute atomic E-state index is 0.146. The van der Waals surface area contributed by atoms with Crippen LogP contribution in [-0.2, 0) is 0 Å². The minimum atomic E-state index is 0.146. The lowest BCUT2D eigenvalue weighted by atomic mass is 9.95. The molecule has 1 fully saturated rings. The Bertz CT molecular complexity index is 636. The molecule has 1 amide bonds. The Balaban J connectivity index is 1.86. The number of carbonyl (C=O) groups is 1. The van der Waals surface area contributed by atoms with Crippen LogP contribution in [0.25, 0.3) is 10.9 Å². The first kappa shape index (κ1) is 14.5. The zero-order valence-corrected chi connectivity index (χ0v) is 13.6. The van der Waals surface area contributed by atoms with Crippen LogP contribution in [0.3, 0.4) is 0 Å². The van der Waals surface area contributed by atoms with Crippen molar-refractivity contribution in [2.24, 2.45) is 5.92 Å². The molecule has 4 heteroatoms. The van der Waals surface area contributed by atoms with Gasteiger partial charge in [0.1, 0.15) is 0 Å². The molecule has 2 aromatic rings. The number of rotatable bonds is 3. The Hall–Kier alpha value is -1.42. The van der Waals surface area contributed by atoms with Crippen LogP contribution >= 0.6 is 15.9 Å². The Kier molecular flexibility index (Phi) is 4.54. The molecule has 3 rings (SSSR count). The molecule has 0 spiro atoms. The molecule has 0 bridgehead atoms. The number of piperidine rings is 1. The topological polar surface area (TPSA) is 33.2 Å². The second-order valence-corrected chi connectivity index (χ2v) is 6.41. The first-order valence-corrected chi connectivity index (χ1v) is 8.60. The van der Waals surface area contributed by atoms with Crippen LogP contribution in [0.5, 0.6) is 0 Å². The normalized spacial score (nSPS) is 18.9. The lowest BCUT2D eigenvalue weighted by Crippen LogP contribution is -2.40. The van der Waals surface area contributed by atoms with Gasteiger partial charge in [0.25, 0.3) is 5.91 Å². The van der Waals surface area contributed by atoms with E-state index in [-0.39, 0.29) is 5.91 Å². The summed E-state index contributed by atoms with van der Waals surface area (Å²) >= 11 is 3.51. The number of hydrogen-bond acceptors (Lipinski definition) is 2. The van der Waals surface area contributed by atoms with Crippen LogP contribution in [-0.4, -0.2) is 34.2 Å². The van der Waals surface area contributed by atoms with Crippen LogP contribution in [0.1, 0.15) is 29.6 Å². The summed E-state index contributed by atoms with van der Waals surface area (Å²) < 4.78 is 0. The van der Waals surface area contributed by atoms with Crippen molar-refractivity contribution in [3.63, 3.8) is 0 Å². The second-order valence-electron chi connectivity index (χ2n) is 5.61. The van der Waals surface area contributed by atoms with Crippen LogP contribution in [0.4, 0.5) is 0 Å². The Morgan fingerprint density at radius 1 is 1.33 bits per heavy atom. The van der Waals surface area contributed by atoms with Crippen molar-refractivity contribution in [3.05, 3.63) is 42.1 Å². The lowest BCUT2D eigenvalue weighted by molar-refractivity contribution is 0.0674. The van der Waals surface area contributed by atoms with E-state index in [0.29, 0.717) is 5.92 Å². The number of amides is 1. The Morgan fingerprint density at radius 2 is 2.24 bits per heavy atom. The first-order valence-electron chi connectivity index (χ1n) is 7.48. The van der Waals surface area contributed by atoms with Crippen LogP contribution in [0, 0.1) is 5.92 Å². The summed E-state index contributed by atoms with van der Waals surface area (Å²) in [5, 5.41) is 1.96. The molecule has 3 nitrogen and oxygen atoms in total. The van der Waals surface area contributed by atoms with Gasteiger partial charge in [-0.2, -0.15) is 0 Å². The Morgan fingerprint density at radius 3 is 3.10 bits per heavy atom. The summed E-state index contributed by atoms with van der Waals surface area (Å²) in [6.45, 7) is 1.75.